The van der Waals surface area contributed by atoms with Crippen LogP contribution in [0, 0.1) is 0 Å². The van der Waals surface area contributed by atoms with E-state index in [1.807, 2.05) is 38.1 Å². The number of rotatable bonds is 2. The lowest BCUT2D eigenvalue weighted by Gasteiger charge is -1.95. The second-order valence-electron chi connectivity index (χ2n) is 3.73. The Bertz CT molecular complexity index is 445. The first-order valence-corrected chi connectivity index (χ1v) is 4.86. The monoisotopic (exact) mass is 203 g/mol. The van der Waals surface area contributed by atoms with Crippen molar-refractivity contribution in [3.8, 4) is 11.4 Å². The molecule has 0 saturated heterocycles. The molecule has 2 aromatic rings. The van der Waals surface area contributed by atoms with E-state index in [9.17, 15) is 0 Å². The van der Waals surface area contributed by atoms with Gasteiger partial charge in [-0.1, -0.05) is 19.0 Å². The average Bonchev–Trinajstić information content (AvgIpc) is 2.68. The van der Waals surface area contributed by atoms with Gasteiger partial charge in [0.05, 0.1) is 0 Å². The standard InChI is InChI=1S/C11H13N3O/c1-7(2)11-13-10(14-15-11)8-3-5-9(12)6-4-8/h3-7H,12H2,1-2H3. The molecule has 0 radical (unpaired) electrons. The van der Waals surface area contributed by atoms with Crippen molar-refractivity contribution in [1.29, 1.82) is 0 Å². The van der Waals surface area contributed by atoms with Gasteiger partial charge in [-0.15, -0.1) is 0 Å². The van der Waals surface area contributed by atoms with E-state index in [2.05, 4.69) is 10.1 Å². The third kappa shape index (κ3) is 1.98. The molecule has 0 unspecified atom stereocenters. The van der Waals surface area contributed by atoms with Crippen molar-refractivity contribution < 1.29 is 4.52 Å². The quantitative estimate of drug-likeness (QED) is 0.761. The SMILES string of the molecule is CC(C)c1nc(-c2ccc(N)cc2)no1. The molecule has 0 spiro atoms. The molecule has 0 atom stereocenters. The highest BCUT2D eigenvalue weighted by Gasteiger charge is 2.10. The van der Waals surface area contributed by atoms with Crippen LogP contribution in [0.3, 0.4) is 0 Å². The van der Waals surface area contributed by atoms with E-state index in [0.29, 0.717) is 11.7 Å². The summed E-state index contributed by atoms with van der Waals surface area (Å²) in [5, 5.41) is 3.91. The van der Waals surface area contributed by atoms with Crippen molar-refractivity contribution in [2.75, 3.05) is 5.73 Å². The number of nitrogen functional groups attached to an aromatic ring is 1. The molecule has 0 aliphatic rings. The van der Waals surface area contributed by atoms with Crippen LogP contribution in [0.4, 0.5) is 5.69 Å². The van der Waals surface area contributed by atoms with Crippen LogP contribution < -0.4 is 5.73 Å². The zero-order valence-electron chi connectivity index (χ0n) is 8.77. The molecule has 2 N–H and O–H groups in total. The van der Waals surface area contributed by atoms with Crippen LogP contribution in [0.5, 0.6) is 0 Å². The van der Waals surface area contributed by atoms with E-state index in [1.54, 1.807) is 0 Å². The summed E-state index contributed by atoms with van der Waals surface area (Å²) >= 11 is 0. The summed E-state index contributed by atoms with van der Waals surface area (Å²) in [5.41, 5.74) is 7.24. The van der Waals surface area contributed by atoms with E-state index in [0.717, 1.165) is 11.3 Å². The number of aromatic nitrogens is 2. The fourth-order valence-electron chi connectivity index (χ4n) is 1.22. The van der Waals surface area contributed by atoms with Crippen molar-refractivity contribution in [2.24, 2.45) is 0 Å². The maximum Gasteiger partial charge on any atom is 0.229 e. The predicted molar refractivity (Wildman–Crippen MR) is 58.2 cm³/mol. The number of hydrogen-bond acceptors (Lipinski definition) is 4. The Kier molecular flexibility index (Phi) is 2.41. The van der Waals surface area contributed by atoms with Crippen LogP contribution in [0.1, 0.15) is 25.7 Å². The normalized spacial score (nSPS) is 10.9. The Balaban J connectivity index is 2.33. The third-order valence-electron chi connectivity index (χ3n) is 2.10. The minimum Gasteiger partial charge on any atom is -0.399 e. The molecule has 0 aliphatic heterocycles. The second-order valence-corrected chi connectivity index (χ2v) is 3.73. The Labute approximate surface area is 88.1 Å². The van der Waals surface area contributed by atoms with E-state index >= 15 is 0 Å². The fourth-order valence-corrected chi connectivity index (χ4v) is 1.22. The molecular formula is C11H13N3O. The molecule has 1 aromatic carbocycles. The van der Waals surface area contributed by atoms with Gasteiger partial charge in [0.1, 0.15) is 0 Å². The highest BCUT2D eigenvalue weighted by atomic mass is 16.5. The summed E-state index contributed by atoms with van der Waals surface area (Å²) in [6.07, 6.45) is 0. The van der Waals surface area contributed by atoms with Crippen LogP contribution in [-0.4, -0.2) is 10.1 Å². The number of hydrogen-bond donors (Lipinski definition) is 1. The van der Waals surface area contributed by atoms with Gasteiger partial charge in [-0.05, 0) is 24.3 Å². The molecule has 15 heavy (non-hydrogen) atoms. The third-order valence-corrected chi connectivity index (χ3v) is 2.10. The summed E-state index contributed by atoms with van der Waals surface area (Å²) in [4.78, 5) is 4.29. The Hall–Kier alpha value is -1.84. The van der Waals surface area contributed by atoms with Crippen molar-refractivity contribution >= 4 is 5.69 Å². The topological polar surface area (TPSA) is 64.9 Å². The van der Waals surface area contributed by atoms with Crippen molar-refractivity contribution in [3.63, 3.8) is 0 Å². The van der Waals surface area contributed by atoms with Gasteiger partial charge in [0.2, 0.25) is 11.7 Å². The number of anilines is 1. The van der Waals surface area contributed by atoms with Gasteiger partial charge >= 0.3 is 0 Å². The lowest BCUT2D eigenvalue weighted by molar-refractivity contribution is 0.365. The minimum absolute atomic E-state index is 0.250. The summed E-state index contributed by atoms with van der Waals surface area (Å²) in [5.74, 6) is 1.51. The Morgan fingerprint density at radius 3 is 2.40 bits per heavy atom. The highest BCUT2D eigenvalue weighted by molar-refractivity contribution is 5.57. The van der Waals surface area contributed by atoms with Gasteiger partial charge < -0.3 is 10.3 Å². The van der Waals surface area contributed by atoms with Gasteiger partial charge in [0.25, 0.3) is 0 Å². The molecule has 78 valence electrons. The van der Waals surface area contributed by atoms with Crippen LogP contribution in [0.2, 0.25) is 0 Å². The molecule has 0 aliphatic carbocycles. The van der Waals surface area contributed by atoms with Crippen molar-refractivity contribution in [2.45, 2.75) is 19.8 Å². The number of benzene rings is 1. The lowest BCUT2D eigenvalue weighted by atomic mass is 10.2. The molecule has 4 nitrogen and oxygen atoms in total. The zero-order chi connectivity index (χ0) is 10.8. The Morgan fingerprint density at radius 1 is 1.20 bits per heavy atom. The smallest absolute Gasteiger partial charge is 0.229 e. The van der Waals surface area contributed by atoms with Crippen LogP contribution >= 0.6 is 0 Å². The maximum absolute atomic E-state index is 5.59. The molecule has 0 amide bonds. The molecule has 1 heterocycles. The van der Waals surface area contributed by atoms with Crippen LogP contribution in [-0.2, 0) is 0 Å². The van der Waals surface area contributed by atoms with E-state index < -0.39 is 0 Å². The molecule has 1 aromatic heterocycles. The first-order valence-electron chi connectivity index (χ1n) is 4.86. The molecule has 0 fully saturated rings. The van der Waals surface area contributed by atoms with E-state index in [-0.39, 0.29) is 5.92 Å². The zero-order valence-corrected chi connectivity index (χ0v) is 8.77. The van der Waals surface area contributed by atoms with Crippen LogP contribution in [0.25, 0.3) is 11.4 Å². The van der Waals surface area contributed by atoms with Gasteiger partial charge in [-0.3, -0.25) is 0 Å². The first-order chi connectivity index (χ1) is 7.16. The summed E-state index contributed by atoms with van der Waals surface area (Å²) < 4.78 is 5.12. The Morgan fingerprint density at radius 2 is 1.87 bits per heavy atom. The lowest BCUT2D eigenvalue weighted by Crippen LogP contribution is -1.87. The van der Waals surface area contributed by atoms with Gasteiger partial charge in [0.15, 0.2) is 0 Å². The molecule has 2 rings (SSSR count). The van der Waals surface area contributed by atoms with E-state index in [1.165, 1.54) is 0 Å². The fraction of sp³-hybridized carbons (Fsp3) is 0.273. The number of nitrogens with two attached hydrogens (primary N) is 1. The average molecular weight is 203 g/mol. The largest absolute Gasteiger partial charge is 0.399 e. The molecule has 0 saturated carbocycles. The molecule has 4 heteroatoms. The second kappa shape index (κ2) is 3.73. The predicted octanol–water partition coefficient (Wildman–Crippen LogP) is 2.44. The van der Waals surface area contributed by atoms with E-state index in [4.69, 9.17) is 10.3 Å². The maximum atomic E-state index is 5.59. The summed E-state index contributed by atoms with van der Waals surface area (Å²) in [6.45, 7) is 4.03. The van der Waals surface area contributed by atoms with Gasteiger partial charge in [-0.2, -0.15) is 4.98 Å². The highest BCUT2D eigenvalue weighted by Crippen LogP contribution is 2.20. The van der Waals surface area contributed by atoms with Crippen molar-refractivity contribution in [3.05, 3.63) is 30.2 Å². The van der Waals surface area contributed by atoms with Gasteiger partial charge in [0, 0.05) is 17.2 Å². The summed E-state index contributed by atoms with van der Waals surface area (Å²) in [6, 6.07) is 7.40. The van der Waals surface area contributed by atoms with Crippen molar-refractivity contribution in [1.82, 2.24) is 10.1 Å². The van der Waals surface area contributed by atoms with Gasteiger partial charge in [-0.25, -0.2) is 0 Å². The molecular weight excluding hydrogens is 190 g/mol. The first kappa shape index (κ1) is 9.71. The molecule has 0 bridgehead atoms. The summed E-state index contributed by atoms with van der Waals surface area (Å²) in [7, 11) is 0. The minimum atomic E-state index is 0.250. The van der Waals surface area contributed by atoms with Crippen LogP contribution in [0.15, 0.2) is 28.8 Å². The number of nitrogens with zero attached hydrogens (tertiary/aromatic N) is 2.